The van der Waals surface area contributed by atoms with Gasteiger partial charge in [-0.3, -0.25) is 4.90 Å². The molecule has 2 amide bonds. The molecule has 6 heteroatoms. The van der Waals surface area contributed by atoms with E-state index < -0.39 is 0 Å². The maximum Gasteiger partial charge on any atom is 0.322 e. The maximum absolute atomic E-state index is 13.5. The molecule has 0 atom stereocenters. The molecule has 1 saturated heterocycles. The first-order valence-electron chi connectivity index (χ1n) is 13.3. The maximum atomic E-state index is 13.5. The predicted octanol–water partition coefficient (Wildman–Crippen LogP) is 6.89. The minimum atomic E-state index is -0.253. The summed E-state index contributed by atoms with van der Waals surface area (Å²) in [5.74, 6) is -0.415. The van der Waals surface area contributed by atoms with Gasteiger partial charge in [0, 0.05) is 37.3 Å². The Morgan fingerprint density at radius 1 is 0.919 bits per heavy atom. The fraction of sp³-hybridized carbons (Fsp3) is 0.387. The number of nitrogens with zero attached hydrogens (tertiary/aromatic N) is 2. The number of hydrogen-bond acceptors (Lipinski definition) is 2. The van der Waals surface area contributed by atoms with E-state index in [-0.39, 0.29) is 29.6 Å². The zero-order valence-corrected chi connectivity index (χ0v) is 21.8. The molecule has 1 aliphatic rings. The van der Waals surface area contributed by atoms with Crippen LogP contribution in [0.15, 0.2) is 72.8 Å². The molecule has 3 aromatic carbocycles. The molecule has 0 aliphatic carbocycles. The van der Waals surface area contributed by atoms with E-state index in [0.29, 0.717) is 6.54 Å². The highest BCUT2D eigenvalue weighted by atomic mass is 19.1. The van der Waals surface area contributed by atoms with Gasteiger partial charge < -0.3 is 10.2 Å². The Hall–Kier alpha value is -3.25. The van der Waals surface area contributed by atoms with Gasteiger partial charge in [-0.2, -0.15) is 0 Å². The Bertz CT molecular complexity index is 1080. The molecule has 0 aromatic heterocycles. The average molecular weight is 506 g/mol. The van der Waals surface area contributed by atoms with Crippen molar-refractivity contribution in [3.05, 3.63) is 101 Å². The second kappa shape index (κ2) is 12.8. The molecule has 0 spiro atoms. The zero-order chi connectivity index (χ0) is 26.2. The van der Waals surface area contributed by atoms with E-state index in [1.54, 1.807) is 0 Å². The van der Waals surface area contributed by atoms with Gasteiger partial charge in [0.2, 0.25) is 0 Å². The summed E-state index contributed by atoms with van der Waals surface area (Å²) in [6, 6.07) is 21.6. The van der Waals surface area contributed by atoms with E-state index in [4.69, 9.17) is 0 Å². The Kier molecular flexibility index (Phi) is 9.29. The van der Waals surface area contributed by atoms with E-state index in [9.17, 15) is 13.6 Å². The number of rotatable bonds is 9. The summed E-state index contributed by atoms with van der Waals surface area (Å²) < 4.78 is 27.0. The molecule has 4 nitrogen and oxygen atoms in total. The number of carbonyl (C=O) groups is 1. The van der Waals surface area contributed by atoms with Crippen LogP contribution in [0.5, 0.6) is 0 Å². The van der Waals surface area contributed by atoms with Crippen molar-refractivity contribution in [3.8, 4) is 0 Å². The second-order valence-electron chi connectivity index (χ2n) is 9.91. The molecule has 0 unspecified atom stereocenters. The third-order valence-corrected chi connectivity index (χ3v) is 7.29. The summed E-state index contributed by atoms with van der Waals surface area (Å²) in [6.45, 7) is 7.42. The van der Waals surface area contributed by atoms with E-state index in [2.05, 4.69) is 29.3 Å². The molecule has 4 rings (SSSR count). The van der Waals surface area contributed by atoms with Gasteiger partial charge in [-0.05, 0) is 93.6 Å². The highest BCUT2D eigenvalue weighted by molar-refractivity contribution is 5.92. The van der Waals surface area contributed by atoms with Gasteiger partial charge >= 0.3 is 6.03 Å². The molecule has 1 N–H and O–H groups in total. The van der Waals surface area contributed by atoms with Crippen LogP contribution in [0.2, 0.25) is 0 Å². The average Bonchev–Trinajstić information content (AvgIpc) is 2.90. The fourth-order valence-electron chi connectivity index (χ4n) is 5.27. The van der Waals surface area contributed by atoms with Gasteiger partial charge in [-0.1, -0.05) is 42.0 Å². The predicted molar refractivity (Wildman–Crippen MR) is 146 cm³/mol. The Labute approximate surface area is 219 Å². The summed E-state index contributed by atoms with van der Waals surface area (Å²) in [4.78, 5) is 17.3. The quantitative estimate of drug-likeness (QED) is 0.344. The molecular weight excluding hydrogens is 468 g/mol. The van der Waals surface area contributed by atoms with Crippen molar-refractivity contribution in [1.29, 1.82) is 0 Å². The largest absolute Gasteiger partial charge is 0.338 e. The fourth-order valence-corrected chi connectivity index (χ4v) is 5.27. The SMILES string of the molecule is CCNC(=O)N(c1ccc(C)cc1)C1CCN(CCCC(c2ccc(F)cc2)c2ccc(F)cc2)CC1. The molecule has 0 saturated carbocycles. The Balaban J connectivity index is 1.36. The van der Waals surface area contributed by atoms with Crippen molar-refractivity contribution in [2.75, 3.05) is 31.1 Å². The van der Waals surface area contributed by atoms with Crippen molar-refractivity contribution in [2.45, 2.75) is 51.5 Å². The van der Waals surface area contributed by atoms with E-state index in [0.717, 1.165) is 62.1 Å². The lowest BCUT2D eigenvalue weighted by molar-refractivity contribution is 0.200. The Morgan fingerprint density at radius 3 is 1.97 bits per heavy atom. The highest BCUT2D eigenvalue weighted by Gasteiger charge is 2.29. The highest BCUT2D eigenvalue weighted by Crippen LogP contribution is 2.30. The van der Waals surface area contributed by atoms with Crippen LogP contribution in [-0.4, -0.2) is 43.2 Å². The molecular formula is C31H37F2N3O. The van der Waals surface area contributed by atoms with Gasteiger partial charge in [-0.15, -0.1) is 0 Å². The number of nitrogens with one attached hydrogen (secondary N) is 1. The number of urea groups is 1. The summed E-state index contributed by atoms with van der Waals surface area (Å²) in [5.41, 5.74) is 4.20. The van der Waals surface area contributed by atoms with Crippen molar-refractivity contribution in [1.82, 2.24) is 10.2 Å². The number of benzene rings is 3. The molecule has 1 aliphatic heterocycles. The van der Waals surface area contributed by atoms with Gasteiger partial charge in [0.05, 0.1) is 0 Å². The monoisotopic (exact) mass is 505 g/mol. The molecule has 3 aromatic rings. The van der Waals surface area contributed by atoms with Crippen LogP contribution in [0.1, 0.15) is 55.2 Å². The van der Waals surface area contributed by atoms with Gasteiger partial charge in [0.15, 0.2) is 0 Å². The number of hydrogen-bond donors (Lipinski definition) is 1. The number of anilines is 1. The minimum Gasteiger partial charge on any atom is -0.338 e. The first-order chi connectivity index (χ1) is 17.9. The number of aryl methyl sites for hydroxylation is 1. The van der Waals surface area contributed by atoms with Crippen molar-refractivity contribution >= 4 is 11.7 Å². The molecule has 0 radical (unpaired) electrons. The first-order valence-corrected chi connectivity index (χ1v) is 13.3. The molecule has 1 fully saturated rings. The third kappa shape index (κ3) is 7.16. The molecule has 37 heavy (non-hydrogen) atoms. The zero-order valence-electron chi connectivity index (χ0n) is 21.8. The molecule has 196 valence electrons. The van der Waals surface area contributed by atoms with Gasteiger partial charge in [0.25, 0.3) is 0 Å². The lowest BCUT2D eigenvalue weighted by Gasteiger charge is -2.38. The van der Waals surface area contributed by atoms with Crippen LogP contribution in [0.3, 0.4) is 0 Å². The minimum absolute atomic E-state index is 0.0359. The summed E-state index contributed by atoms with van der Waals surface area (Å²) >= 11 is 0. The smallest absolute Gasteiger partial charge is 0.322 e. The van der Waals surface area contributed by atoms with Crippen molar-refractivity contribution in [2.24, 2.45) is 0 Å². The van der Waals surface area contributed by atoms with Crippen molar-refractivity contribution in [3.63, 3.8) is 0 Å². The van der Waals surface area contributed by atoms with Gasteiger partial charge in [-0.25, -0.2) is 13.6 Å². The number of carbonyl (C=O) groups excluding carboxylic acids is 1. The number of likely N-dealkylation sites (tertiary alicyclic amines) is 1. The van der Waals surface area contributed by atoms with E-state index in [1.165, 1.54) is 29.8 Å². The first kappa shape index (κ1) is 26.8. The summed E-state index contributed by atoms with van der Waals surface area (Å²) in [5, 5.41) is 2.98. The van der Waals surface area contributed by atoms with Crippen molar-refractivity contribution < 1.29 is 13.6 Å². The van der Waals surface area contributed by atoms with Crippen LogP contribution in [0.25, 0.3) is 0 Å². The number of amides is 2. The summed E-state index contributed by atoms with van der Waals surface area (Å²) in [6.07, 6.45) is 3.71. The number of halogens is 2. The topological polar surface area (TPSA) is 35.6 Å². The standard InChI is InChI=1S/C31H37F2N3O/c1-3-34-31(37)36(28-16-6-23(2)7-17-28)29-18-21-35(22-19-29)20-4-5-30(24-8-12-26(32)13-9-24)25-10-14-27(33)15-11-25/h6-17,29-30H,3-5,18-22H2,1-2H3,(H,34,37). The van der Waals surface area contributed by atoms with Crippen LogP contribution < -0.4 is 10.2 Å². The van der Waals surface area contributed by atoms with Gasteiger partial charge in [0.1, 0.15) is 11.6 Å². The Morgan fingerprint density at radius 2 is 1.46 bits per heavy atom. The normalized spacial score (nSPS) is 14.6. The lowest BCUT2D eigenvalue weighted by atomic mass is 9.87. The van der Waals surface area contributed by atoms with Crippen LogP contribution in [0.4, 0.5) is 19.3 Å². The molecule has 0 bridgehead atoms. The van der Waals surface area contributed by atoms with E-state index in [1.807, 2.05) is 48.2 Å². The van der Waals surface area contributed by atoms with E-state index >= 15 is 0 Å². The third-order valence-electron chi connectivity index (χ3n) is 7.29. The number of piperidine rings is 1. The van der Waals surface area contributed by atoms with Crippen LogP contribution in [0, 0.1) is 18.6 Å². The molecule has 1 heterocycles. The van der Waals surface area contributed by atoms with Crippen LogP contribution in [-0.2, 0) is 0 Å². The van der Waals surface area contributed by atoms with Crippen LogP contribution >= 0.6 is 0 Å². The second-order valence-corrected chi connectivity index (χ2v) is 9.91. The lowest BCUT2D eigenvalue weighted by Crippen LogP contribution is -2.51. The summed E-state index contributed by atoms with van der Waals surface area (Å²) in [7, 11) is 0.